The molecule has 4 N–H and O–H groups in total. The van der Waals surface area contributed by atoms with Crippen LogP contribution >= 0.6 is 0 Å². The molecule has 0 radical (unpaired) electrons. The highest BCUT2D eigenvalue weighted by Gasteiger charge is 2.30. The fourth-order valence-electron chi connectivity index (χ4n) is 4.12. The number of esters is 1. The molecule has 0 bridgehead atoms. The number of hydrogen-bond donors (Lipinski definition) is 3. The largest absolute Gasteiger partial charge is 0.480 e. The number of ether oxygens (including phenoxy) is 2. The molecule has 1 aliphatic rings. The number of alkyl carbamates (subject to hydrolysis) is 1. The van der Waals surface area contributed by atoms with Crippen LogP contribution in [0.15, 0.2) is 48.5 Å². The minimum Gasteiger partial charge on any atom is -0.480 e. The molecule has 8 nitrogen and oxygen atoms in total. The summed E-state index contributed by atoms with van der Waals surface area (Å²) < 4.78 is 10.5. The quantitative estimate of drug-likeness (QED) is 0.319. The maximum absolute atomic E-state index is 12.5. The van der Waals surface area contributed by atoms with Crippen LogP contribution in [0, 0.1) is 0 Å². The predicted molar refractivity (Wildman–Crippen MR) is 127 cm³/mol. The summed E-state index contributed by atoms with van der Waals surface area (Å²) in [7, 11) is 0. The molecule has 1 amide bonds. The van der Waals surface area contributed by atoms with E-state index in [0.717, 1.165) is 28.7 Å². The summed E-state index contributed by atoms with van der Waals surface area (Å²) in [6.45, 7) is 2.38. The topological polar surface area (TPSA) is 128 Å². The number of carboxylic acids is 1. The Kier molecular flexibility index (Phi) is 9.04. The van der Waals surface area contributed by atoms with E-state index in [4.69, 9.17) is 15.2 Å². The zero-order valence-electron chi connectivity index (χ0n) is 19.4. The number of rotatable bonds is 12. The fraction of sp³-hybridized carbons (Fsp3) is 0.423. The van der Waals surface area contributed by atoms with Gasteiger partial charge in [0.25, 0.3) is 0 Å². The first kappa shape index (κ1) is 25.2. The van der Waals surface area contributed by atoms with E-state index >= 15 is 0 Å². The smallest absolute Gasteiger partial charge is 0.407 e. The Morgan fingerprint density at radius 3 is 2.18 bits per heavy atom. The number of nitrogens with two attached hydrogens (primary N) is 1. The molecule has 8 heteroatoms. The highest BCUT2D eigenvalue weighted by Crippen LogP contribution is 2.44. The van der Waals surface area contributed by atoms with Crippen LogP contribution in [0.5, 0.6) is 0 Å². The van der Waals surface area contributed by atoms with Gasteiger partial charge in [0.2, 0.25) is 0 Å². The van der Waals surface area contributed by atoms with Gasteiger partial charge in [0.05, 0.1) is 6.61 Å². The predicted octanol–water partition coefficient (Wildman–Crippen LogP) is 3.82. The molecule has 3 rings (SSSR count). The molecule has 0 fully saturated rings. The van der Waals surface area contributed by atoms with Crippen molar-refractivity contribution in [3.05, 3.63) is 59.7 Å². The molecule has 2 aromatic rings. The highest BCUT2D eigenvalue weighted by molar-refractivity contribution is 5.80. The number of amides is 1. The summed E-state index contributed by atoms with van der Waals surface area (Å²) >= 11 is 0. The molecule has 0 aliphatic heterocycles. The van der Waals surface area contributed by atoms with E-state index in [-0.39, 0.29) is 32.0 Å². The fourth-order valence-corrected chi connectivity index (χ4v) is 4.12. The van der Waals surface area contributed by atoms with Gasteiger partial charge in [0.1, 0.15) is 18.7 Å². The number of carboxylic acid groups (broad SMARTS) is 1. The Morgan fingerprint density at radius 1 is 0.971 bits per heavy atom. The monoisotopic (exact) mass is 468 g/mol. The molecule has 0 saturated heterocycles. The van der Waals surface area contributed by atoms with E-state index in [0.29, 0.717) is 12.8 Å². The van der Waals surface area contributed by atoms with E-state index in [1.54, 1.807) is 0 Å². The van der Waals surface area contributed by atoms with Gasteiger partial charge in [0.15, 0.2) is 0 Å². The lowest BCUT2D eigenvalue weighted by Gasteiger charge is -2.18. The highest BCUT2D eigenvalue weighted by atomic mass is 16.5. The van der Waals surface area contributed by atoms with Crippen molar-refractivity contribution in [1.29, 1.82) is 0 Å². The van der Waals surface area contributed by atoms with Crippen LogP contribution in [-0.4, -0.2) is 48.4 Å². The molecule has 34 heavy (non-hydrogen) atoms. The number of carbonyl (C=O) groups is 3. The van der Waals surface area contributed by atoms with Crippen molar-refractivity contribution in [3.8, 4) is 11.1 Å². The first-order valence-corrected chi connectivity index (χ1v) is 11.7. The zero-order chi connectivity index (χ0) is 24.5. The summed E-state index contributed by atoms with van der Waals surface area (Å²) in [6, 6.07) is 14.1. The van der Waals surface area contributed by atoms with Gasteiger partial charge in [-0.3, -0.25) is 4.79 Å². The van der Waals surface area contributed by atoms with Crippen LogP contribution in [0.3, 0.4) is 0 Å². The maximum atomic E-state index is 12.5. The third kappa shape index (κ3) is 6.35. The molecule has 0 saturated carbocycles. The second-order valence-corrected chi connectivity index (χ2v) is 8.42. The second-order valence-electron chi connectivity index (χ2n) is 8.42. The van der Waals surface area contributed by atoms with Crippen LogP contribution in [0.2, 0.25) is 0 Å². The molecule has 2 unspecified atom stereocenters. The van der Waals surface area contributed by atoms with E-state index in [9.17, 15) is 19.5 Å². The lowest BCUT2D eigenvalue weighted by molar-refractivity contribution is -0.145. The molecular weight excluding hydrogens is 436 g/mol. The van der Waals surface area contributed by atoms with E-state index < -0.39 is 30.1 Å². The Balaban J connectivity index is 1.47. The number of fused-ring (bicyclic) bond motifs is 3. The van der Waals surface area contributed by atoms with Gasteiger partial charge in [-0.2, -0.15) is 0 Å². The van der Waals surface area contributed by atoms with Gasteiger partial charge in [0, 0.05) is 5.92 Å². The van der Waals surface area contributed by atoms with Crippen LogP contribution in [0.1, 0.15) is 56.1 Å². The van der Waals surface area contributed by atoms with E-state index in [2.05, 4.69) is 17.4 Å². The molecular formula is C26H32N2O6. The van der Waals surface area contributed by atoms with Crippen molar-refractivity contribution in [2.75, 3.05) is 13.2 Å². The molecule has 0 spiro atoms. The van der Waals surface area contributed by atoms with E-state index in [1.165, 1.54) is 0 Å². The number of hydrogen-bond acceptors (Lipinski definition) is 6. The van der Waals surface area contributed by atoms with Crippen molar-refractivity contribution < 1.29 is 29.0 Å². The molecule has 182 valence electrons. The summed E-state index contributed by atoms with van der Waals surface area (Å²) in [5.74, 6) is -1.74. The Labute approximate surface area is 199 Å². The van der Waals surface area contributed by atoms with Crippen LogP contribution < -0.4 is 11.1 Å². The van der Waals surface area contributed by atoms with Gasteiger partial charge >= 0.3 is 18.0 Å². The average Bonchev–Trinajstić information content (AvgIpc) is 3.15. The van der Waals surface area contributed by atoms with Gasteiger partial charge in [-0.05, 0) is 47.9 Å². The second kappa shape index (κ2) is 12.2. The molecule has 0 heterocycles. The van der Waals surface area contributed by atoms with Gasteiger partial charge in [-0.25, -0.2) is 9.59 Å². The first-order valence-electron chi connectivity index (χ1n) is 11.7. The molecule has 0 aromatic heterocycles. The van der Waals surface area contributed by atoms with Gasteiger partial charge in [-0.15, -0.1) is 0 Å². The van der Waals surface area contributed by atoms with Gasteiger partial charge in [-0.1, -0.05) is 61.9 Å². The average molecular weight is 469 g/mol. The number of nitrogens with one attached hydrogen (secondary N) is 1. The molecule has 2 atom stereocenters. The normalized spacial score (nSPS) is 13.9. The van der Waals surface area contributed by atoms with Crippen molar-refractivity contribution >= 4 is 18.0 Å². The van der Waals surface area contributed by atoms with Crippen molar-refractivity contribution in [2.45, 2.75) is 57.0 Å². The Hall–Kier alpha value is -3.39. The SMILES string of the molecule is CCCCOC(=O)NC(CCCC(N)C(=O)OCC1c2ccccc2-c2ccccc21)C(=O)O. The van der Waals surface area contributed by atoms with Crippen LogP contribution in [0.25, 0.3) is 11.1 Å². The zero-order valence-corrected chi connectivity index (χ0v) is 19.4. The standard InChI is InChI=1S/C26H32N2O6/c1-2-3-15-33-26(32)28-23(24(29)30)14-8-13-22(27)25(31)34-16-21-19-11-6-4-9-17(19)18-10-5-7-12-20(18)21/h4-7,9-12,21-23H,2-3,8,13-16,27H2,1H3,(H,28,32)(H,29,30). The van der Waals surface area contributed by atoms with E-state index in [1.807, 2.05) is 43.3 Å². The minimum absolute atomic E-state index is 0.0529. The summed E-state index contributed by atoms with van der Waals surface area (Å²) in [5.41, 5.74) is 10.5. The first-order chi connectivity index (χ1) is 16.4. The van der Waals surface area contributed by atoms with Crippen molar-refractivity contribution in [2.24, 2.45) is 5.73 Å². The Morgan fingerprint density at radius 2 is 1.59 bits per heavy atom. The summed E-state index contributed by atoms with van der Waals surface area (Å²) in [4.78, 5) is 35.7. The number of carbonyl (C=O) groups excluding carboxylic acids is 2. The summed E-state index contributed by atoms with van der Waals surface area (Å²) in [5, 5.41) is 11.7. The van der Waals surface area contributed by atoms with Crippen LogP contribution in [0.4, 0.5) is 4.79 Å². The lowest BCUT2D eigenvalue weighted by Crippen LogP contribution is -2.41. The minimum atomic E-state index is -1.16. The Bertz CT molecular complexity index is 963. The van der Waals surface area contributed by atoms with Gasteiger partial charge < -0.3 is 25.6 Å². The number of unbranched alkanes of at least 4 members (excludes halogenated alkanes) is 1. The van der Waals surface area contributed by atoms with Crippen molar-refractivity contribution in [3.63, 3.8) is 0 Å². The summed E-state index contributed by atoms with van der Waals surface area (Å²) in [6.07, 6.45) is 1.51. The third-order valence-corrected chi connectivity index (χ3v) is 5.99. The lowest BCUT2D eigenvalue weighted by atomic mass is 9.98. The number of aliphatic carboxylic acids is 1. The molecule has 2 aromatic carbocycles. The molecule has 1 aliphatic carbocycles. The number of benzene rings is 2. The van der Waals surface area contributed by atoms with Crippen LogP contribution in [-0.2, 0) is 19.1 Å². The van der Waals surface area contributed by atoms with Crippen molar-refractivity contribution in [1.82, 2.24) is 5.32 Å². The third-order valence-electron chi connectivity index (χ3n) is 5.99. The maximum Gasteiger partial charge on any atom is 0.407 e.